The van der Waals surface area contributed by atoms with Crippen LogP contribution in [0.1, 0.15) is 24.0 Å². The fourth-order valence-corrected chi connectivity index (χ4v) is 3.86. The van der Waals surface area contributed by atoms with E-state index in [1.54, 1.807) is 18.2 Å². The van der Waals surface area contributed by atoms with Crippen LogP contribution in [0.25, 0.3) is 0 Å². The summed E-state index contributed by atoms with van der Waals surface area (Å²) in [5.74, 6) is -1.09. The van der Waals surface area contributed by atoms with E-state index in [0.29, 0.717) is 22.9 Å². The summed E-state index contributed by atoms with van der Waals surface area (Å²) in [6, 6.07) is 12.8. The molecule has 5 nitrogen and oxygen atoms in total. The molecule has 0 bridgehead atoms. The number of amides is 1. The van der Waals surface area contributed by atoms with Gasteiger partial charge in [-0.2, -0.15) is 0 Å². The van der Waals surface area contributed by atoms with Crippen LogP contribution in [0.4, 0.5) is 5.69 Å². The largest absolute Gasteiger partial charge is 0.481 e. The number of hydrogen-bond donors (Lipinski definition) is 2. The van der Waals surface area contributed by atoms with Crippen molar-refractivity contribution >= 4 is 40.8 Å². The Balaban J connectivity index is 1.56. The number of anilines is 1. The van der Waals surface area contributed by atoms with Gasteiger partial charge in [0.25, 0.3) is 0 Å². The topological polar surface area (TPSA) is 69.6 Å². The summed E-state index contributed by atoms with van der Waals surface area (Å²) in [6.45, 7) is 2.27. The van der Waals surface area contributed by atoms with Crippen molar-refractivity contribution < 1.29 is 14.7 Å². The van der Waals surface area contributed by atoms with Crippen molar-refractivity contribution in [3.63, 3.8) is 0 Å². The van der Waals surface area contributed by atoms with Gasteiger partial charge in [-0.05, 0) is 61.3 Å². The standard InChI is InChI=1S/C21H22Cl2N2O3/c22-17-5-4-16(19(23)12-17)11-20(26)24-18-3-1-2-14(10-18)13-25-8-6-15(7-9-25)21(27)28/h1-5,10,12,15H,6-9,11,13H2,(H,24,26)(H,27,28). The molecule has 0 spiro atoms. The average molecular weight is 421 g/mol. The van der Waals surface area contributed by atoms with Gasteiger partial charge in [0.2, 0.25) is 5.91 Å². The number of aliphatic carboxylic acids is 1. The summed E-state index contributed by atoms with van der Waals surface area (Å²) in [6.07, 6.45) is 1.52. The lowest BCUT2D eigenvalue weighted by Crippen LogP contribution is -2.35. The third-order valence-corrected chi connectivity index (χ3v) is 5.51. The Morgan fingerprint density at radius 2 is 1.86 bits per heavy atom. The van der Waals surface area contributed by atoms with Crippen LogP contribution in [-0.2, 0) is 22.6 Å². The molecule has 0 atom stereocenters. The van der Waals surface area contributed by atoms with Gasteiger partial charge in [-0.3, -0.25) is 14.5 Å². The lowest BCUT2D eigenvalue weighted by atomic mass is 9.97. The van der Waals surface area contributed by atoms with Gasteiger partial charge in [0, 0.05) is 22.3 Å². The van der Waals surface area contributed by atoms with Gasteiger partial charge >= 0.3 is 5.97 Å². The molecule has 1 amide bonds. The maximum atomic E-state index is 12.4. The molecule has 0 aromatic heterocycles. The minimum absolute atomic E-state index is 0.149. The summed E-state index contributed by atoms with van der Waals surface area (Å²) in [5.41, 5.74) is 2.53. The smallest absolute Gasteiger partial charge is 0.306 e. The van der Waals surface area contributed by atoms with Gasteiger partial charge in [-0.1, -0.05) is 41.4 Å². The van der Waals surface area contributed by atoms with E-state index in [-0.39, 0.29) is 18.2 Å². The van der Waals surface area contributed by atoms with Gasteiger partial charge in [-0.25, -0.2) is 0 Å². The van der Waals surface area contributed by atoms with E-state index in [9.17, 15) is 9.59 Å². The SMILES string of the molecule is O=C(Cc1ccc(Cl)cc1Cl)Nc1cccc(CN2CCC(C(=O)O)CC2)c1. The predicted octanol–water partition coefficient (Wildman–Crippen LogP) is 4.47. The minimum Gasteiger partial charge on any atom is -0.481 e. The molecule has 28 heavy (non-hydrogen) atoms. The molecule has 1 aliphatic rings. The molecule has 3 rings (SSSR count). The van der Waals surface area contributed by atoms with Gasteiger partial charge in [0.1, 0.15) is 0 Å². The number of carboxylic acid groups (broad SMARTS) is 1. The molecule has 1 fully saturated rings. The van der Waals surface area contributed by atoms with Crippen LogP contribution < -0.4 is 5.32 Å². The first-order valence-electron chi connectivity index (χ1n) is 9.18. The molecule has 1 heterocycles. The molecule has 2 aromatic rings. The van der Waals surface area contributed by atoms with Gasteiger partial charge in [-0.15, -0.1) is 0 Å². The van der Waals surface area contributed by atoms with Crippen molar-refractivity contribution in [1.29, 1.82) is 0 Å². The Hall–Kier alpha value is -2.08. The highest BCUT2D eigenvalue weighted by atomic mass is 35.5. The maximum Gasteiger partial charge on any atom is 0.306 e. The normalized spacial score (nSPS) is 15.4. The lowest BCUT2D eigenvalue weighted by molar-refractivity contribution is -0.143. The zero-order valence-corrected chi connectivity index (χ0v) is 16.8. The molecule has 148 valence electrons. The summed E-state index contributed by atoms with van der Waals surface area (Å²) in [7, 11) is 0. The lowest BCUT2D eigenvalue weighted by Gasteiger charge is -2.30. The maximum absolute atomic E-state index is 12.4. The predicted molar refractivity (Wildman–Crippen MR) is 111 cm³/mol. The number of rotatable bonds is 6. The van der Waals surface area contributed by atoms with E-state index in [4.69, 9.17) is 28.3 Å². The number of carboxylic acids is 1. The van der Waals surface area contributed by atoms with E-state index in [0.717, 1.165) is 36.4 Å². The van der Waals surface area contributed by atoms with Crippen LogP contribution in [-0.4, -0.2) is 35.0 Å². The molecule has 2 aromatic carbocycles. The quantitative estimate of drug-likeness (QED) is 0.722. The fraction of sp³-hybridized carbons (Fsp3) is 0.333. The van der Waals surface area contributed by atoms with Crippen molar-refractivity contribution in [3.05, 3.63) is 63.6 Å². The van der Waals surface area contributed by atoms with Crippen LogP contribution in [0.5, 0.6) is 0 Å². The molecule has 1 aliphatic heterocycles. The Morgan fingerprint density at radius 1 is 1.11 bits per heavy atom. The number of halogens is 2. The minimum atomic E-state index is -0.704. The van der Waals surface area contributed by atoms with Crippen molar-refractivity contribution in [3.8, 4) is 0 Å². The van der Waals surface area contributed by atoms with E-state index in [1.165, 1.54) is 0 Å². The Labute approximate surface area is 174 Å². The third-order valence-electron chi connectivity index (χ3n) is 4.92. The molecular formula is C21H22Cl2N2O3. The van der Waals surface area contributed by atoms with Crippen LogP contribution in [0.15, 0.2) is 42.5 Å². The van der Waals surface area contributed by atoms with Crippen molar-refractivity contribution in [2.75, 3.05) is 18.4 Å². The van der Waals surface area contributed by atoms with Crippen LogP contribution in [0, 0.1) is 5.92 Å². The Morgan fingerprint density at radius 3 is 2.54 bits per heavy atom. The summed E-state index contributed by atoms with van der Waals surface area (Å²) in [4.78, 5) is 25.7. The molecule has 0 aliphatic carbocycles. The monoisotopic (exact) mass is 420 g/mol. The second-order valence-corrected chi connectivity index (χ2v) is 7.89. The van der Waals surface area contributed by atoms with E-state index in [2.05, 4.69) is 10.2 Å². The first-order valence-corrected chi connectivity index (χ1v) is 9.94. The number of likely N-dealkylation sites (tertiary alicyclic amines) is 1. The highest BCUT2D eigenvalue weighted by molar-refractivity contribution is 6.35. The first-order chi connectivity index (χ1) is 13.4. The van der Waals surface area contributed by atoms with Crippen molar-refractivity contribution in [1.82, 2.24) is 4.90 Å². The number of benzene rings is 2. The number of nitrogens with zero attached hydrogens (tertiary/aromatic N) is 1. The molecule has 7 heteroatoms. The van der Waals surface area contributed by atoms with Gasteiger partial charge < -0.3 is 10.4 Å². The number of piperidine rings is 1. The second-order valence-electron chi connectivity index (χ2n) is 7.05. The van der Waals surface area contributed by atoms with Crippen molar-refractivity contribution in [2.45, 2.75) is 25.8 Å². The van der Waals surface area contributed by atoms with E-state index in [1.807, 2.05) is 24.3 Å². The van der Waals surface area contributed by atoms with Crippen molar-refractivity contribution in [2.24, 2.45) is 5.92 Å². The highest BCUT2D eigenvalue weighted by Gasteiger charge is 2.24. The van der Waals surface area contributed by atoms with E-state index < -0.39 is 5.97 Å². The van der Waals surface area contributed by atoms with Gasteiger partial charge in [0.05, 0.1) is 12.3 Å². The summed E-state index contributed by atoms with van der Waals surface area (Å²) < 4.78 is 0. The van der Waals surface area contributed by atoms with Crippen LogP contribution >= 0.6 is 23.2 Å². The fourth-order valence-electron chi connectivity index (χ4n) is 3.39. The molecule has 0 radical (unpaired) electrons. The second kappa shape index (κ2) is 9.41. The molecule has 2 N–H and O–H groups in total. The van der Waals surface area contributed by atoms with Crippen LogP contribution in [0.3, 0.4) is 0 Å². The first kappa shape index (κ1) is 20.6. The summed E-state index contributed by atoms with van der Waals surface area (Å²) in [5, 5.41) is 13.0. The zero-order valence-electron chi connectivity index (χ0n) is 15.3. The molecular weight excluding hydrogens is 399 g/mol. The highest BCUT2D eigenvalue weighted by Crippen LogP contribution is 2.23. The molecule has 1 saturated heterocycles. The summed E-state index contributed by atoms with van der Waals surface area (Å²) >= 11 is 12.0. The number of nitrogens with one attached hydrogen (secondary N) is 1. The average Bonchev–Trinajstić information content (AvgIpc) is 2.65. The number of hydrogen-bond acceptors (Lipinski definition) is 3. The number of carbonyl (C=O) groups excluding carboxylic acids is 1. The van der Waals surface area contributed by atoms with Gasteiger partial charge in [0.15, 0.2) is 0 Å². The Bertz CT molecular complexity index is 864. The third kappa shape index (κ3) is 5.71. The van der Waals surface area contributed by atoms with Crippen LogP contribution in [0.2, 0.25) is 10.0 Å². The molecule has 0 unspecified atom stereocenters. The number of carbonyl (C=O) groups is 2. The molecule has 0 saturated carbocycles. The Kier molecular flexibility index (Phi) is 6.94. The van der Waals surface area contributed by atoms with E-state index >= 15 is 0 Å². The zero-order chi connectivity index (χ0) is 20.1.